The third-order valence-corrected chi connectivity index (χ3v) is 4.92. The number of alkyl halides is 3. The molecule has 3 N–H and O–H groups in total. The lowest BCUT2D eigenvalue weighted by molar-refractivity contribution is -0.137. The summed E-state index contributed by atoms with van der Waals surface area (Å²) in [5, 5.41) is 11.4. The van der Waals surface area contributed by atoms with Gasteiger partial charge in [-0.2, -0.15) is 13.2 Å². The highest BCUT2D eigenvalue weighted by Crippen LogP contribution is 2.31. The Labute approximate surface area is 154 Å². The van der Waals surface area contributed by atoms with Crippen molar-refractivity contribution in [3.63, 3.8) is 0 Å². The van der Waals surface area contributed by atoms with Gasteiger partial charge in [-0.1, -0.05) is 6.07 Å². The van der Waals surface area contributed by atoms with E-state index in [4.69, 9.17) is 5.11 Å². The predicted octanol–water partition coefficient (Wildman–Crippen LogP) is 2.62. The van der Waals surface area contributed by atoms with Crippen molar-refractivity contribution in [1.29, 1.82) is 0 Å². The molecule has 0 saturated carbocycles. The van der Waals surface area contributed by atoms with Crippen LogP contribution in [0.4, 0.5) is 18.9 Å². The van der Waals surface area contributed by atoms with Crippen LogP contribution in [0.5, 0.6) is 0 Å². The SMILES string of the molecule is CC(CO)NC(=O)c1ccc(S(=O)(=O)Nc2cccc(C(F)(F)F)c2)cc1. The quantitative estimate of drug-likeness (QED) is 0.692. The molecule has 27 heavy (non-hydrogen) atoms. The second-order valence-electron chi connectivity index (χ2n) is 5.77. The third-order valence-electron chi connectivity index (χ3n) is 3.52. The van der Waals surface area contributed by atoms with E-state index in [1.54, 1.807) is 6.92 Å². The van der Waals surface area contributed by atoms with Crippen LogP contribution < -0.4 is 10.0 Å². The van der Waals surface area contributed by atoms with Crippen molar-refractivity contribution in [3.05, 3.63) is 59.7 Å². The van der Waals surface area contributed by atoms with Crippen molar-refractivity contribution >= 4 is 21.6 Å². The Morgan fingerprint density at radius 2 is 1.78 bits per heavy atom. The van der Waals surface area contributed by atoms with E-state index in [2.05, 4.69) is 10.0 Å². The first-order valence-electron chi connectivity index (χ1n) is 7.75. The number of hydrogen-bond acceptors (Lipinski definition) is 4. The van der Waals surface area contributed by atoms with E-state index in [1.807, 2.05) is 0 Å². The Hall–Kier alpha value is -2.59. The number of anilines is 1. The fourth-order valence-electron chi connectivity index (χ4n) is 2.11. The average molecular weight is 402 g/mol. The van der Waals surface area contributed by atoms with Crippen molar-refractivity contribution in [3.8, 4) is 0 Å². The Morgan fingerprint density at radius 1 is 1.15 bits per heavy atom. The summed E-state index contributed by atoms with van der Waals surface area (Å²) in [6.07, 6.45) is -4.60. The number of hydrogen-bond donors (Lipinski definition) is 3. The summed E-state index contributed by atoms with van der Waals surface area (Å²) < 4.78 is 64.9. The number of halogens is 3. The van der Waals surface area contributed by atoms with Crippen LogP contribution in [0.15, 0.2) is 53.4 Å². The minimum absolute atomic E-state index is 0.174. The lowest BCUT2D eigenvalue weighted by atomic mass is 10.2. The molecule has 6 nitrogen and oxygen atoms in total. The summed E-state index contributed by atoms with van der Waals surface area (Å²) in [7, 11) is -4.13. The van der Waals surface area contributed by atoms with Gasteiger partial charge in [-0.05, 0) is 49.4 Å². The number of amides is 1. The molecule has 2 aromatic carbocycles. The molecule has 0 spiro atoms. The lowest BCUT2D eigenvalue weighted by Crippen LogP contribution is -2.34. The van der Waals surface area contributed by atoms with Crippen LogP contribution in [-0.4, -0.2) is 32.1 Å². The fourth-order valence-corrected chi connectivity index (χ4v) is 3.16. The number of nitrogens with one attached hydrogen (secondary N) is 2. The fraction of sp³-hybridized carbons (Fsp3) is 0.235. The van der Waals surface area contributed by atoms with Gasteiger partial charge in [0.1, 0.15) is 0 Å². The van der Waals surface area contributed by atoms with E-state index in [9.17, 15) is 26.4 Å². The van der Waals surface area contributed by atoms with Gasteiger partial charge in [-0.15, -0.1) is 0 Å². The van der Waals surface area contributed by atoms with Gasteiger partial charge in [0.15, 0.2) is 0 Å². The lowest BCUT2D eigenvalue weighted by Gasteiger charge is -2.12. The smallest absolute Gasteiger partial charge is 0.394 e. The van der Waals surface area contributed by atoms with Crippen LogP contribution in [0.2, 0.25) is 0 Å². The first-order valence-corrected chi connectivity index (χ1v) is 9.23. The summed E-state index contributed by atoms with van der Waals surface area (Å²) >= 11 is 0. The van der Waals surface area contributed by atoms with E-state index in [0.717, 1.165) is 24.3 Å². The zero-order chi connectivity index (χ0) is 20.2. The number of sulfonamides is 1. The van der Waals surface area contributed by atoms with E-state index in [1.165, 1.54) is 18.2 Å². The van der Waals surface area contributed by atoms with E-state index in [0.29, 0.717) is 6.07 Å². The molecule has 0 aliphatic heterocycles. The topological polar surface area (TPSA) is 95.5 Å². The normalized spacial score (nSPS) is 13.1. The highest BCUT2D eigenvalue weighted by Gasteiger charge is 2.30. The van der Waals surface area contributed by atoms with Gasteiger partial charge >= 0.3 is 6.18 Å². The van der Waals surface area contributed by atoms with Gasteiger partial charge < -0.3 is 10.4 Å². The minimum atomic E-state index is -4.60. The Kier molecular flexibility index (Phi) is 6.11. The van der Waals surface area contributed by atoms with E-state index in [-0.39, 0.29) is 22.8 Å². The maximum absolute atomic E-state index is 12.7. The Bertz CT molecular complexity index is 913. The van der Waals surface area contributed by atoms with Gasteiger partial charge in [-0.3, -0.25) is 9.52 Å². The standard InChI is InChI=1S/C17H17F3N2O4S/c1-11(10-23)21-16(24)12-5-7-15(8-6-12)27(25,26)22-14-4-2-3-13(9-14)17(18,19)20/h2-9,11,22-23H,10H2,1H3,(H,21,24). The van der Waals surface area contributed by atoms with Gasteiger partial charge in [0.2, 0.25) is 0 Å². The molecule has 0 bridgehead atoms. The zero-order valence-corrected chi connectivity index (χ0v) is 14.9. The third kappa shape index (κ3) is 5.44. The molecule has 0 radical (unpaired) electrons. The molecule has 0 aliphatic rings. The molecule has 1 atom stereocenters. The largest absolute Gasteiger partial charge is 0.416 e. The van der Waals surface area contributed by atoms with Crippen LogP contribution in [0.3, 0.4) is 0 Å². The van der Waals surface area contributed by atoms with Gasteiger partial charge in [0.05, 0.1) is 17.1 Å². The number of carbonyl (C=O) groups is 1. The summed E-state index contributed by atoms with van der Waals surface area (Å²) in [5.41, 5.74) is -1.04. The zero-order valence-electron chi connectivity index (χ0n) is 14.1. The predicted molar refractivity (Wildman–Crippen MR) is 92.7 cm³/mol. The van der Waals surface area contributed by atoms with Crippen LogP contribution in [0.25, 0.3) is 0 Å². The van der Waals surface area contributed by atoms with E-state index < -0.39 is 33.7 Å². The number of rotatable bonds is 6. The Morgan fingerprint density at radius 3 is 2.33 bits per heavy atom. The molecule has 0 fully saturated rings. The summed E-state index contributed by atoms with van der Waals surface area (Å²) in [4.78, 5) is 11.7. The average Bonchev–Trinajstić information content (AvgIpc) is 2.60. The molecule has 1 unspecified atom stereocenters. The van der Waals surface area contributed by atoms with Gasteiger partial charge in [-0.25, -0.2) is 8.42 Å². The van der Waals surface area contributed by atoms with Crippen LogP contribution >= 0.6 is 0 Å². The van der Waals surface area contributed by atoms with Crippen molar-refractivity contribution in [1.82, 2.24) is 5.32 Å². The minimum Gasteiger partial charge on any atom is -0.394 e. The molecular formula is C17H17F3N2O4S. The summed E-state index contributed by atoms with van der Waals surface area (Å²) in [6.45, 7) is 1.34. The van der Waals surface area contributed by atoms with Crippen molar-refractivity contribution in [2.45, 2.75) is 24.0 Å². The molecular weight excluding hydrogens is 385 g/mol. The molecule has 146 valence electrons. The first kappa shape index (κ1) is 20.7. The molecule has 1 amide bonds. The number of carbonyl (C=O) groups excluding carboxylic acids is 1. The number of aliphatic hydroxyl groups is 1. The van der Waals surface area contributed by atoms with Gasteiger partial charge in [0.25, 0.3) is 15.9 Å². The first-order chi connectivity index (χ1) is 12.5. The molecule has 0 saturated heterocycles. The monoisotopic (exact) mass is 402 g/mol. The Balaban J connectivity index is 2.19. The van der Waals surface area contributed by atoms with Crippen LogP contribution in [0, 0.1) is 0 Å². The molecule has 0 heterocycles. The van der Waals surface area contributed by atoms with Crippen molar-refractivity contribution in [2.75, 3.05) is 11.3 Å². The maximum atomic E-state index is 12.7. The highest BCUT2D eigenvalue weighted by molar-refractivity contribution is 7.92. The highest BCUT2D eigenvalue weighted by atomic mass is 32.2. The summed E-state index contributed by atoms with van der Waals surface area (Å²) in [6, 6.07) is 8.20. The molecule has 2 aromatic rings. The maximum Gasteiger partial charge on any atom is 0.416 e. The van der Waals surface area contributed by atoms with Crippen molar-refractivity contribution in [2.24, 2.45) is 0 Å². The number of aliphatic hydroxyl groups excluding tert-OH is 1. The van der Waals surface area contributed by atoms with Gasteiger partial charge in [0, 0.05) is 17.3 Å². The number of benzene rings is 2. The van der Waals surface area contributed by atoms with Crippen LogP contribution in [-0.2, 0) is 16.2 Å². The molecule has 10 heteroatoms. The molecule has 0 aromatic heterocycles. The molecule has 0 aliphatic carbocycles. The van der Waals surface area contributed by atoms with E-state index >= 15 is 0 Å². The van der Waals surface area contributed by atoms with Crippen molar-refractivity contribution < 1.29 is 31.5 Å². The second-order valence-corrected chi connectivity index (χ2v) is 7.45. The van der Waals surface area contributed by atoms with Crippen LogP contribution in [0.1, 0.15) is 22.8 Å². The molecule has 2 rings (SSSR count). The second kappa shape index (κ2) is 7.97. The summed E-state index contributed by atoms with van der Waals surface area (Å²) in [5.74, 6) is -0.494.